The van der Waals surface area contributed by atoms with Crippen molar-refractivity contribution < 1.29 is 14.2 Å². The fraction of sp³-hybridized carbons (Fsp3) is 0.375. The molecule has 7 nitrogen and oxygen atoms in total. The van der Waals surface area contributed by atoms with Crippen LogP contribution in [0.5, 0.6) is 0 Å². The Balaban J connectivity index is 1.66. The van der Waals surface area contributed by atoms with Crippen molar-refractivity contribution in [2.75, 3.05) is 18.5 Å². The van der Waals surface area contributed by atoms with E-state index in [2.05, 4.69) is 20.3 Å². The number of hydrogen-bond acceptors (Lipinski definition) is 5. The summed E-state index contributed by atoms with van der Waals surface area (Å²) < 4.78 is 4.58. The molecule has 0 bridgehead atoms. The molecule has 0 aliphatic carbocycles. The number of benzene rings is 1. The Bertz CT molecular complexity index is 740. The highest BCUT2D eigenvalue weighted by Gasteiger charge is 2.29. The maximum Gasteiger partial charge on any atom is 0.227 e. The Hall–Kier alpha value is -2.70. The summed E-state index contributed by atoms with van der Waals surface area (Å²) in [6, 6.07) is 7.78. The number of fused-ring (bicyclic) bond motifs is 1. The van der Waals surface area contributed by atoms with Gasteiger partial charge >= 0.3 is 0 Å². The van der Waals surface area contributed by atoms with Crippen molar-refractivity contribution in [2.45, 2.75) is 25.7 Å². The zero-order valence-corrected chi connectivity index (χ0v) is 13.1. The lowest BCUT2D eigenvalue weighted by Crippen LogP contribution is -2.38. The minimum Gasteiger partial charge on any atom is -0.355 e. The van der Waals surface area contributed by atoms with Crippen molar-refractivity contribution in [3.05, 3.63) is 41.2 Å². The van der Waals surface area contributed by atoms with Gasteiger partial charge in [0.15, 0.2) is 0 Å². The van der Waals surface area contributed by atoms with E-state index in [1.54, 1.807) is 18.9 Å². The highest BCUT2D eigenvalue weighted by molar-refractivity contribution is 5.96. The molecule has 0 spiro atoms. The first kappa shape index (κ1) is 15.2. The predicted molar refractivity (Wildman–Crippen MR) is 83.0 cm³/mol. The standard InChI is InChI=1S/C16H18N4O3/c1-10-13(19-23-18-10)8-15(21)17-9-11-7-16(22)20(2)14-6-4-3-5-12(11)14/h3-6,11H,7-9H2,1-2H3,(H,17,21)/t11-/m1/s1. The number of aromatic nitrogens is 2. The Kier molecular flexibility index (Phi) is 4.10. The molecule has 7 heteroatoms. The number of aryl methyl sites for hydroxylation is 1. The number of hydrogen-bond donors (Lipinski definition) is 1. The van der Waals surface area contributed by atoms with E-state index in [0.717, 1.165) is 11.3 Å². The number of rotatable bonds is 4. The van der Waals surface area contributed by atoms with Crippen LogP contribution in [0.2, 0.25) is 0 Å². The molecule has 3 rings (SSSR count). The zero-order valence-electron chi connectivity index (χ0n) is 13.1. The van der Waals surface area contributed by atoms with Crippen LogP contribution in [-0.4, -0.2) is 35.7 Å². The van der Waals surface area contributed by atoms with Crippen molar-refractivity contribution >= 4 is 17.5 Å². The maximum atomic E-state index is 12.1. The average Bonchev–Trinajstić information content (AvgIpc) is 2.94. The summed E-state index contributed by atoms with van der Waals surface area (Å²) in [5.74, 6) is -0.123. The second-order valence-electron chi connectivity index (χ2n) is 5.69. The van der Waals surface area contributed by atoms with E-state index < -0.39 is 0 Å². The molecule has 1 aliphatic heterocycles. The van der Waals surface area contributed by atoms with Gasteiger partial charge in [0, 0.05) is 31.6 Å². The monoisotopic (exact) mass is 314 g/mol. The summed E-state index contributed by atoms with van der Waals surface area (Å²) >= 11 is 0. The highest BCUT2D eigenvalue weighted by Crippen LogP contribution is 2.34. The van der Waals surface area contributed by atoms with E-state index in [4.69, 9.17) is 0 Å². The smallest absolute Gasteiger partial charge is 0.227 e. The first-order valence-electron chi connectivity index (χ1n) is 7.46. The van der Waals surface area contributed by atoms with Gasteiger partial charge in [-0.3, -0.25) is 9.59 Å². The van der Waals surface area contributed by atoms with Gasteiger partial charge in [0.25, 0.3) is 0 Å². The third kappa shape index (κ3) is 3.08. The van der Waals surface area contributed by atoms with Crippen LogP contribution in [0.25, 0.3) is 0 Å². The van der Waals surface area contributed by atoms with Crippen LogP contribution in [0.3, 0.4) is 0 Å². The normalized spacial score (nSPS) is 17.0. The van der Waals surface area contributed by atoms with E-state index >= 15 is 0 Å². The molecule has 2 heterocycles. The summed E-state index contributed by atoms with van der Waals surface area (Å²) in [5, 5.41) is 10.2. The first-order chi connectivity index (χ1) is 11.1. The number of para-hydroxylation sites is 1. The van der Waals surface area contributed by atoms with Gasteiger partial charge in [-0.05, 0) is 18.6 Å². The Labute approximate surface area is 133 Å². The molecule has 2 amide bonds. The number of anilines is 1. The number of nitrogens with one attached hydrogen (secondary N) is 1. The molecule has 2 aromatic rings. The SMILES string of the molecule is Cc1nonc1CC(=O)NC[C@H]1CC(=O)N(C)c2ccccc21. The van der Waals surface area contributed by atoms with Crippen LogP contribution in [0.1, 0.15) is 29.3 Å². The van der Waals surface area contributed by atoms with E-state index in [1.807, 2.05) is 24.3 Å². The second-order valence-corrected chi connectivity index (χ2v) is 5.69. The van der Waals surface area contributed by atoms with E-state index in [0.29, 0.717) is 24.4 Å². The summed E-state index contributed by atoms with van der Waals surface area (Å²) in [4.78, 5) is 25.8. The Morgan fingerprint density at radius 1 is 1.39 bits per heavy atom. The topological polar surface area (TPSA) is 88.3 Å². The number of carbonyl (C=O) groups excluding carboxylic acids is 2. The van der Waals surface area contributed by atoms with Gasteiger partial charge in [0.05, 0.1) is 6.42 Å². The third-order valence-electron chi connectivity index (χ3n) is 4.15. The summed E-state index contributed by atoms with van der Waals surface area (Å²) in [7, 11) is 1.77. The average molecular weight is 314 g/mol. The molecule has 1 aromatic carbocycles. The maximum absolute atomic E-state index is 12.1. The van der Waals surface area contributed by atoms with Crippen LogP contribution in [0, 0.1) is 6.92 Å². The minimum absolute atomic E-state index is 0.0182. The lowest BCUT2D eigenvalue weighted by atomic mass is 9.89. The van der Waals surface area contributed by atoms with Gasteiger partial charge in [-0.1, -0.05) is 28.5 Å². The third-order valence-corrected chi connectivity index (χ3v) is 4.15. The quantitative estimate of drug-likeness (QED) is 0.915. The predicted octanol–water partition coefficient (Wildman–Crippen LogP) is 1.19. The molecule has 0 saturated heterocycles. The van der Waals surface area contributed by atoms with Gasteiger partial charge < -0.3 is 10.2 Å². The number of nitrogens with zero attached hydrogens (tertiary/aromatic N) is 3. The number of amides is 2. The van der Waals surface area contributed by atoms with Gasteiger partial charge in [-0.25, -0.2) is 4.63 Å². The first-order valence-corrected chi connectivity index (χ1v) is 7.46. The lowest BCUT2D eigenvalue weighted by Gasteiger charge is -2.31. The Morgan fingerprint density at radius 3 is 2.91 bits per heavy atom. The van der Waals surface area contributed by atoms with Gasteiger partial charge in [0.1, 0.15) is 11.4 Å². The molecule has 1 atom stereocenters. The fourth-order valence-corrected chi connectivity index (χ4v) is 2.77. The lowest BCUT2D eigenvalue weighted by molar-refractivity contribution is -0.122. The van der Waals surface area contributed by atoms with Crippen LogP contribution < -0.4 is 10.2 Å². The molecule has 120 valence electrons. The van der Waals surface area contributed by atoms with E-state index in [1.165, 1.54) is 0 Å². The van der Waals surface area contributed by atoms with Crippen LogP contribution in [0.15, 0.2) is 28.9 Å². The zero-order chi connectivity index (χ0) is 16.4. The van der Waals surface area contributed by atoms with Crippen molar-refractivity contribution in [2.24, 2.45) is 0 Å². The molecular weight excluding hydrogens is 296 g/mol. The van der Waals surface area contributed by atoms with Gasteiger partial charge in [-0.15, -0.1) is 0 Å². The van der Waals surface area contributed by atoms with Crippen LogP contribution >= 0.6 is 0 Å². The van der Waals surface area contributed by atoms with Crippen LogP contribution in [0.4, 0.5) is 5.69 Å². The van der Waals surface area contributed by atoms with Gasteiger partial charge in [0.2, 0.25) is 11.8 Å². The van der Waals surface area contributed by atoms with Crippen LogP contribution in [-0.2, 0) is 16.0 Å². The summed E-state index contributed by atoms with van der Waals surface area (Å²) in [6.07, 6.45) is 0.510. The van der Waals surface area contributed by atoms with Gasteiger partial charge in [-0.2, -0.15) is 0 Å². The van der Waals surface area contributed by atoms with Crippen molar-refractivity contribution in [1.29, 1.82) is 0 Å². The fourth-order valence-electron chi connectivity index (χ4n) is 2.77. The molecule has 0 unspecified atom stereocenters. The molecular formula is C16H18N4O3. The molecule has 0 fully saturated rings. The molecule has 1 N–H and O–H groups in total. The highest BCUT2D eigenvalue weighted by atomic mass is 16.6. The Morgan fingerprint density at radius 2 is 2.17 bits per heavy atom. The van der Waals surface area contributed by atoms with Crippen molar-refractivity contribution in [1.82, 2.24) is 15.6 Å². The second kappa shape index (κ2) is 6.20. The molecule has 1 aromatic heterocycles. The molecule has 23 heavy (non-hydrogen) atoms. The molecule has 1 aliphatic rings. The summed E-state index contributed by atoms with van der Waals surface area (Å²) in [6.45, 7) is 2.16. The number of carbonyl (C=O) groups is 2. The van der Waals surface area contributed by atoms with Crippen molar-refractivity contribution in [3.63, 3.8) is 0 Å². The summed E-state index contributed by atoms with van der Waals surface area (Å²) in [5.41, 5.74) is 3.12. The van der Waals surface area contributed by atoms with Crippen molar-refractivity contribution in [3.8, 4) is 0 Å². The van der Waals surface area contributed by atoms with E-state index in [9.17, 15) is 9.59 Å². The largest absolute Gasteiger partial charge is 0.355 e. The van der Waals surface area contributed by atoms with E-state index in [-0.39, 0.29) is 24.2 Å². The minimum atomic E-state index is -0.160. The molecule has 0 saturated carbocycles. The molecule has 0 radical (unpaired) electrons.